The monoisotopic (exact) mass is 402 g/mol. The maximum Gasteiger partial charge on any atom is 0.242 e. The first-order valence-electron chi connectivity index (χ1n) is 7.65. The van der Waals surface area contributed by atoms with Crippen LogP contribution in [0, 0.1) is 0 Å². The highest BCUT2D eigenvalue weighted by molar-refractivity contribution is 7.89. The fraction of sp³-hybridized carbons (Fsp3) is 0.294. The zero-order valence-corrected chi connectivity index (χ0v) is 16.0. The summed E-state index contributed by atoms with van der Waals surface area (Å²) >= 11 is 6.09. The van der Waals surface area contributed by atoms with Crippen molar-refractivity contribution in [2.75, 3.05) is 12.8 Å². The van der Waals surface area contributed by atoms with Crippen molar-refractivity contribution in [2.24, 2.45) is 0 Å². The van der Waals surface area contributed by atoms with E-state index < -0.39 is 10.0 Å². The molecule has 0 bridgehead atoms. The van der Waals surface area contributed by atoms with E-state index in [1.807, 2.05) is 12.1 Å². The minimum atomic E-state index is -3.77. The molecule has 3 N–H and O–H groups in total. The molecular weight excluding hydrogens is 383 g/mol. The van der Waals surface area contributed by atoms with E-state index in [0.717, 1.165) is 30.4 Å². The van der Waals surface area contributed by atoms with E-state index in [1.54, 1.807) is 12.1 Å². The van der Waals surface area contributed by atoms with Crippen LogP contribution in [0.25, 0.3) is 0 Å². The van der Waals surface area contributed by atoms with Gasteiger partial charge in [-0.2, -0.15) is 0 Å². The largest absolute Gasteiger partial charge is 0.497 e. The summed E-state index contributed by atoms with van der Waals surface area (Å²) in [4.78, 5) is 0.0195. The van der Waals surface area contributed by atoms with Gasteiger partial charge in [-0.15, -0.1) is 12.4 Å². The second kappa shape index (κ2) is 7.83. The van der Waals surface area contributed by atoms with Crippen molar-refractivity contribution in [3.8, 4) is 5.75 Å². The summed E-state index contributed by atoms with van der Waals surface area (Å²) in [7, 11) is -2.29. The number of nitrogens with two attached hydrogens (primary N) is 1. The van der Waals surface area contributed by atoms with Crippen molar-refractivity contribution >= 4 is 39.7 Å². The molecule has 1 aliphatic carbocycles. The van der Waals surface area contributed by atoms with Gasteiger partial charge in [-0.1, -0.05) is 17.7 Å². The Morgan fingerprint density at radius 3 is 2.72 bits per heavy atom. The number of sulfonamides is 1. The molecule has 2 aromatic rings. The predicted molar refractivity (Wildman–Crippen MR) is 102 cm³/mol. The normalized spacial score (nSPS) is 16.6. The smallest absolute Gasteiger partial charge is 0.242 e. The maximum absolute atomic E-state index is 12.8. The molecule has 25 heavy (non-hydrogen) atoms. The molecule has 5 nitrogen and oxygen atoms in total. The van der Waals surface area contributed by atoms with E-state index in [4.69, 9.17) is 22.1 Å². The summed E-state index contributed by atoms with van der Waals surface area (Å²) in [6.07, 6.45) is 2.53. The van der Waals surface area contributed by atoms with Crippen molar-refractivity contribution in [3.63, 3.8) is 0 Å². The number of fused-ring (bicyclic) bond motifs is 1. The molecule has 1 aliphatic rings. The molecule has 0 saturated carbocycles. The summed E-state index contributed by atoms with van der Waals surface area (Å²) in [6.45, 7) is 0. The van der Waals surface area contributed by atoms with Gasteiger partial charge < -0.3 is 10.5 Å². The molecule has 0 heterocycles. The number of benzene rings is 2. The number of halogens is 2. The molecule has 0 aromatic heterocycles. The minimum Gasteiger partial charge on any atom is -0.497 e. The number of aryl methyl sites for hydroxylation is 1. The highest BCUT2D eigenvalue weighted by Gasteiger charge is 2.27. The van der Waals surface area contributed by atoms with Crippen molar-refractivity contribution in [2.45, 2.75) is 30.2 Å². The molecular formula is C17H20Cl2N2O3S. The van der Waals surface area contributed by atoms with E-state index in [2.05, 4.69) is 4.72 Å². The second-order valence-electron chi connectivity index (χ2n) is 5.82. The molecule has 0 fully saturated rings. The van der Waals surface area contributed by atoms with Crippen molar-refractivity contribution in [1.29, 1.82) is 0 Å². The number of nitrogen functional groups attached to an aromatic ring is 1. The number of anilines is 1. The van der Waals surface area contributed by atoms with Crippen molar-refractivity contribution < 1.29 is 13.2 Å². The van der Waals surface area contributed by atoms with Crippen LogP contribution in [0.1, 0.15) is 30.0 Å². The Balaban J connectivity index is 0.00000225. The first-order valence-corrected chi connectivity index (χ1v) is 9.51. The summed E-state index contributed by atoms with van der Waals surface area (Å²) < 4.78 is 33.5. The molecule has 136 valence electrons. The highest BCUT2D eigenvalue weighted by atomic mass is 35.5. The van der Waals surface area contributed by atoms with Gasteiger partial charge >= 0.3 is 0 Å². The van der Waals surface area contributed by atoms with Crippen LogP contribution in [0.5, 0.6) is 5.75 Å². The third-order valence-corrected chi connectivity index (χ3v) is 6.16. The van der Waals surface area contributed by atoms with E-state index in [9.17, 15) is 8.42 Å². The Hall–Kier alpha value is -1.47. The Morgan fingerprint density at radius 2 is 2.00 bits per heavy atom. The number of ether oxygens (including phenoxy) is 1. The fourth-order valence-electron chi connectivity index (χ4n) is 3.02. The lowest BCUT2D eigenvalue weighted by Crippen LogP contribution is -2.31. The number of rotatable bonds is 4. The molecule has 0 saturated heterocycles. The zero-order chi connectivity index (χ0) is 17.3. The van der Waals surface area contributed by atoms with Crippen LogP contribution in [0.3, 0.4) is 0 Å². The Labute approximate surface area is 159 Å². The van der Waals surface area contributed by atoms with Crippen LogP contribution in [0.2, 0.25) is 5.02 Å². The Bertz CT molecular complexity index is 872. The van der Waals surface area contributed by atoms with Gasteiger partial charge in [0, 0.05) is 17.8 Å². The number of hydrogen-bond donors (Lipinski definition) is 2. The first-order chi connectivity index (χ1) is 11.4. The van der Waals surface area contributed by atoms with Gasteiger partial charge in [0.2, 0.25) is 10.0 Å². The summed E-state index contributed by atoms with van der Waals surface area (Å²) in [5, 5.41) is 0.164. The highest BCUT2D eigenvalue weighted by Crippen LogP contribution is 2.33. The second-order valence-corrected chi connectivity index (χ2v) is 7.91. The quantitative estimate of drug-likeness (QED) is 0.763. The summed E-state index contributed by atoms with van der Waals surface area (Å²) in [5.41, 5.74) is 8.57. The topological polar surface area (TPSA) is 81.4 Å². The summed E-state index contributed by atoms with van der Waals surface area (Å²) in [5.74, 6) is 0.441. The number of hydrogen-bond acceptors (Lipinski definition) is 4. The van der Waals surface area contributed by atoms with Crippen LogP contribution in [-0.2, 0) is 16.4 Å². The van der Waals surface area contributed by atoms with E-state index in [1.165, 1.54) is 19.2 Å². The lowest BCUT2D eigenvalue weighted by atomic mass is 9.88. The molecule has 3 rings (SSSR count). The number of methoxy groups -OCH3 is 1. The molecule has 0 spiro atoms. The molecule has 8 heteroatoms. The molecule has 1 atom stereocenters. The number of nitrogens with one attached hydrogen (secondary N) is 1. The molecule has 0 radical (unpaired) electrons. The minimum absolute atomic E-state index is 0. The molecule has 0 amide bonds. The zero-order valence-electron chi connectivity index (χ0n) is 13.7. The van der Waals surface area contributed by atoms with Crippen molar-refractivity contribution in [1.82, 2.24) is 4.72 Å². The average Bonchev–Trinajstić information content (AvgIpc) is 2.54. The third-order valence-electron chi connectivity index (χ3n) is 4.21. The van der Waals surface area contributed by atoms with Gasteiger partial charge in [0.1, 0.15) is 10.6 Å². The SMILES string of the molecule is COc1ccc(Cl)c(S(=O)(=O)NC2CCCc3cc(N)ccc32)c1.Cl. The van der Waals surface area contributed by atoms with Crippen LogP contribution in [0.4, 0.5) is 5.69 Å². The fourth-order valence-corrected chi connectivity index (χ4v) is 4.79. The molecule has 0 aliphatic heterocycles. The van der Waals surface area contributed by atoms with Crippen molar-refractivity contribution in [3.05, 3.63) is 52.5 Å². The lowest BCUT2D eigenvalue weighted by Gasteiger charge is -2.26. The van der Waals surface area contributed by atoms with Gasteiger partial charge in [0.25, 0.3) is 0 Å². The van der Waals surface area contributed by atoms with Crippen LogP contribution >= 0.6 is 24.0 Å². The van der Waals surface area contributed by atoms with Gasteiger partial charge in [0.05, 0.1) is 12.1 Å². The van der Waals surface area contributed by atoms with Gasteiger partial charge in [-0.05, 0) is 54.7 Å². The van der Waals surface area contributed by atoms with Gasteiger partial charge in [-0.3, -0.25) is 0 Å². The van der Waals surface area contributed by atoms with E-state index in [-0.39, 0.29) is 28.4 Å². The predicted octanol–water partition coefficient (Wildman–Crippen LogP) is 3.71. The average molecular weight is 403 g/mol. The Morgan fingerprint density at radius 1 is 1.24 bits per heavy atom. The van der Waals surface area contributed by atoms with Gasteiger partial charge in [-0.25, -0.2) is 13.1 Å². The maximum atomic E-state index is 12.8. The first kappa shape index (κ1) is 19.8. The Kier molecular flexibility index (Phi) is 6.21. The third kappa shape index (κ3) is 4.20. The summed E-state index contributed by atoms with van der Waals surface area (Å²) in [6, 6.07) is 9.88. The van der Waals surface area contributed by atoms with Crippen LogP contribution in [-0.4, -0.2) is 15.5 Å². The van der Waals surface area contributed by atoms with E-state index >= 15 is 0 Å². The molecule has 2 aromatic carbocycles. The van der Waals surface area contributed by atoms with Crippen LogP contribution in [0.15, 0.2) is 41.3 Å². The van der Waals surface area contributed by atoms with Crippen LogP contribution < -0.4 is 15.2 Å². The standard InChI is InChI=1S/C17H19ClN2O3S.ClH/c1-23-13-6-8-15(18)17(10-13)24(21,22)20-16-4-2-3-11-9-12(19)5-7-14(11)16;/h5-10,16,20H,2-4,19H2,1H3;1H. The van der Waals surface area contributed by atoms with Gasteiger partial charge in [0.15, 0.2) is 0 Å². The lowest BCUT2D eigenvalue weighted by molar-refractivity contribution is 0.413. The molecule has 1 unspecified atom stereocenters. The van der Waals surface area contributed by atoms with E-state index in [0.29, 0.717) is 11.4 Å².